The topological polar surface area (TPSA) is 54.4 Å². The number of carboxylic acid groups (broad SMARTS) is 1. The Labute approximate surface area is 168 Å². The van der Waals surface area contributed by atoms with Gasteiger partial charge in [0.2, 0.25) is 0 Å². The summed E-state index contributed by atoms with van der Waals surface area (Å²) in [6.07, 6.45) is 0.643. The molecule has 3 rings (SSSR count). The number of carbonyl (C=O) groups excluding carboxylic acids is 1. The van der Waals surface area contributed by atoms with Crippen molar-refractivity contribution in [3.63, 3.8) is 0 Å². The van der Waals surface area contributed by atoms with Crippen LogP contribution in [0.1, 0.15) is 34.3 Å². The minimum absolute atomic E-state index is 0.0493. The molecule has 0 aliphatic heterocycles. The molecule has 0 unspecified atom stereocenters. The van der Waals surface area contributed by atoms with Gasteiger partial charge in [-0.3, -0.25) is 9.59 Å². The molecule has 0 bridgehead atoms. The van der Waals surface area contributed by atoms with Crippen molar-refractivity contribution in [2.75, 3.05) is 0 Å². The van der Waals surface area contributed by atoms with E-state index in [1.165, 1.54) is 0 Å². The Morgan fingerprint density at radius 1 is 0.963 bits per heavy atom. The predicted octanol–water partition coefficient (Wildman–Crippen LogP) is 5.60. The first-order valence-corrected chi connectivity index (χ1v) is 9.25. The van der Waals surface area contributed by atoms with E-state index in [1.54, 1.807) is 0 Å². The lowest BCUT2D eigenvalue weighted by Crippen LogP contribution is -1.99. The number of Topliss-reactive ketones (excluding diaryl/α,β-unsaturated/α-hetero) is 1. The van der Waals surface area contributed by atoms with Crippen molar-refractivity contribution in [2.45, 2.75) is 25.7 Å². The number of ketones is 1. The largest absolute Gasteiger partial charge is 0.481 e. The third-order valence-electron chi connectivity index (χ3n) is 3.83. The van der Waals surface area contributed by atoms with Crippen LogP contribution in [0.25, 0.3) is 0 Å². The van der Waals surface area contributed by atoms with Crippen LogP contribution in [0, 0.1) is 23.3 Å². The van der Waals surface area contributed by atoms with Crippen LogP contribution in [0.5, 0.6) is 0 Å². The Morgan fingerprint density at radius 2 is 1.59 bits per heavy atom. The Bertz CT molecular complexity index is 916. The molecule has 0 aromatic heterocycles. The normalized spacial score (nSPS) is 12.4. The van der Waals surface area contributed by atoms with E-state index in [4.69, 9.17) is 5.11 Å². The van der Waals surface area contributed by atoms with Gasteiger partial charge in [0.25, 0.3) is 0 Å². The molecule has 0 spiro atoms. The minimum Gasteiger partial charge on any atom is -0.481 e. The van der Waals surface area contributed by atoms with Gasteiger partial charge >= 0.3 is 5.97 Å². The third kappa shape index (κ3) is 5.16. The molecule has 3 nitrogen and oxygen atoms in total. The average Bonchev–Trinajstić information content (AvgIpc) is 2.97. The van der Waals surface area contributed by atoms with Crippen LogP contribution in [0.15, 0.2) is 27.1 Å². The maximum atomic E-state index is 13.1. The summed E-state index contributed by atoms with van der Waals surface area (Å²) in [5, 5.41) is 8.40. The molecule has 0 amide bonds. The van der Waals surface area contributed by atoms with Crippen molar-refractivity contribution < 1.29 is 32.3 Å². The van der Waals surface area contributed by atoms with Crippen LogP contribution in [0.4, 0.5) is 17.6 Å². The van der Waals surface area contributed by atoms with E-state index in [1.807, 2.05) is 0 Å². The Balaban J connectivity index is 0.000000194. The van der Waals surface area contributed by atoms with Gasteiger partial charge in [-0.1, -0.05) is 0 Å². The first-order valence-electron chi connectivity index (χ1n) is 7.66. The number of fused-ring (bicyclic) bond motifs is 1. The van der Waals surface area contributed by atoms with Crippen LogP contribution >= 0.6 is 31.9 Å². The van der Waals surface area contributed by atoms with E-state index in [2.05, 4.69) is 31.9 Å². The summed E-state index contributed by atoms with van der Waals surface area (Å²) >= 11 is 5.93. The van der Waals surface area contributed by atoms with Crippen molar-refractivity contribution in [1.82, 2.24) is 0 Å². The van der Waals surface area contributed by atoms with Gasteiger partial charge < -0.3 is 5.11 Å². The molecule has 27 heavy (non-hydrogen) atoms. The SMILES string of the molecule is O=C(O)CCc1cc(F)cc(F)c1Br.O=C1CCc2c(Br)c(F)cc(F)c21. The van der Waals surface area contributed by atoms with E-state index in [9.17, 15) is 27.2 Å². The van der Waals surface area contributed by atoms with Gasteiger partial charge in [-0.25, -0.2) is 17.6 Å². The lowest BCUT2D eigenvalue weighted by Gasteiger charge is -2.03. The minimum atomic E-state index is -0.999. The van der Waals surface area contributed by atoms with Gasteiger partial charge in [0.1, 0.15) is 23.3 Å². The highest BCUT2D eigenvalue weighted by molar-refractivity contribution is 9.10. The molecule has 1 aliphatic rings. The second-order valence-corrected chi connectivity index (χ2v) is 7.27. The van der Waals surface area contributed by atoms with E-state index in [0.717, 1.165) is 18.2 Å². The van der Waals surface area contributed by atoms with Crippen molar-refractivity contribution in [1.29, 1.82) is 0 Å². The molecule has 2 aromatic carbocycles. The second-order valence-electron chi connectivity index (χ2n) is 5.69. The molecule has 1 N–H and O–H groups in total. The molecule has 0 heterocycles. The standard InChI is InChI=1S/C9H7BrF2O2.C9H5BrF2O/c10-9-5(1-2-8(13)14)3-6(11)4-7(9)12;10-9-4-1-2-7(13)8(4)5(11)3-6(9)12/h3-4H,1-2H2,(H,13,14);3H,1-2H2. The number of aryl methyl sites for hydroxylation is 1. The molecule has 0 atom stereocenters. The molecule has 144 valence electrons. The van der Waals surface area contributed by atoms with Gasteiger partial charge in [-0.15, -0.1) is 0 Å². The molecule has 1 aliphatic carbocycles. The highest BCUT2D eigenvalue weighted by Gasteiger charge is 2.27. The lowest BCUT2D eigenvalue weighted by atomic mass is 10.1. The summed E-state index contributed by atoms with van der Waals surface area (Å²) in [6.45, 7) is 0. The van der Waals surface area contributed by atoms with Crippen LogP contribution in [0.2, 0.25) is 0 Å². The van der Waals surface area contributed by atoms with Crippen molar-refractivity contribution in [3.8, 4) is 0 Å². The molecule has 0 saturated carbocycles. The van der Waals surface area contributed by atoms with E-state index in [-0.39, 0.29) is 39.6 Å². The van der Waals surface area contributed by atoms with E-state index in [0.29, 0.717) is 17.5 Å². The zero-order chi connectivity index (χ0) is 20.3. The number of rotatable bonds is 3. The summed E-state index contributed by atoms with van der Waals surface area (Å²) in [4.78, 5) is 21.4. The summed E-state index contributed by atoms with van der Waals surface area (Å²) in [5.41, 5.74) is 0.834. The summed E-state index contributed by atoms with van der Waals surface area (Å²) in [5.74, 6) is -4.06. The molecule has 0 saturated heterocycles. The number of carbonyl (C=O) groups is 2. The molecule has 0 fully saturated rings. The zero-order valence-corrected chi connectivity index (χ0v) is 16.8. The van der Waals surface area contributed by atoms with E-state index >= 15 is 0 Å². The van der Waals surface area contributed by atoms with Crippen LogP contribution < -0.4 is 0 Å². The van der Waals surface area contributed by atoms with Gasteiger partial charge in [0.15, 0.2) is 5.78 Å². The van der Waals surface area contributed by atoms with Gasteiger partial charge in [0.05, 0.1) is 14.5 Å². The third-order valence-corrected chi connectivity index (χ3v) is 5.57. The number of halogens is 6. The molecular formula is C18H12Br2F4O3. The van der Waals surface area contributed by atoms with Gasteiger partial charge in [-0.2, -0.15) is 0 Å². The first-order chi connectivity index (χ1) is 12.6. The zero-order valence-electron chi connectivity index (χ0n) is 13.6. The van der Waals surface area contributed by atoms with E-state index < -0.39 is 29.2 Å². The van der Waals surface area contributed by atoms with Crippen LogP contribution in [0.3, 0.4) is 0 Å². The smallest absolute Gasteiger partial charge is 0.303 e. The summed E-state index contributed by atoms with van der Waals surface area (Å²) in [7, 11) is 0. The maximum absolute atomic E-state index is 13.1. The highest BCUT2D eigenvalue weighted by atomic mass is 79.9. The number of aliphatic carboxylic acids is 1. The molecule has 9 heteroatoms. The maximum Gasteiger partial charge on any atom is 0.303 e. The fraction of sp³-hybridized carbons (Fsp3) is 0.222. The molecule has 0 radical (unpaired) electrons. The number of hydrogen-bond donors (Lipinski definition) is 1. The number of hydrogen-bond acceptors (Lipinski definition) is 2. The van der Waals surface area contributed by atoms with Gasteiger partial charge in [-0.05, 0) is 61.9 Å². The average molecular weight is 512 g/mol. The molecular weight excluding hydrogens is 500 g/mol. The van der Waals surface area contributed by atoms with Crippen molar-refractivity contribution >= 4 is 43.6 Å². The summed E-state index contributed by atoms with van der Waals surface area (Å²) in [6, 6.07) is 2.61. The van der Waals surface area contributed by atoms with Gasteiger partial charge in [0, 0.05) is 25.0 Å². The Morgan fingerprint density at radius 3 is 2.22 bits per heavy atom. The fourth-order valence-corrected chi connectivity index (χ4v) is 3.52. The lowest BCUT2D eigenvalue weighted by molar-refractivity contribution is -0.136. The van der Waals surface area contributed by atoms with Crippen molar-refractivity contribution in [2.24, 2.45) is 0 Å². The van der Waals surface area contributed by atoms with Crippen LogP contribution in [-0.4, -0.2) is 16.9 Å². The first kappa shape index (κ1) is 21.6. The Kier molecular flexibility index (Phi) is 7.16. The van der Waals surface area contributed by atoms with Crippen molar-refractivity contribution in [3.05, 3.63) is 67.1 Å². The predicted molar refractivity (Wildman–Crippen MR) is 96.7 cm³/mol. The highest BCUT2D eigenvalue weighted by Crippen LogP contribution is 2.33. The molecule has 2 aromatic rings. The second kappa shape index (κ2) is 8.97. The monoisotopic (exact) mass is 510 g/mol. The summed E-state index contributed by atoms with van der Waals surface area (Å²) < 4.78 is 52.1. The quantitative estimate of drug-likeness (QED) is 0.431. The fourth-order valence-electron chi connectivity index (χ4n) is 2.58. The number of benzene rings is 2. The Hall–Kier alpha value is -1.74. The van der Waals surface area contributed by atoms with Crippen LogP contribution in [-0.2, 0) is 17.6 Å². The number of carboxylic acids is 1.